The summed E-state index contributed by atoms with van der Waals surface area (Å²) in [6.07, 6.45) is 0. The number of hydrogen-bond acceptors (Lipinski definition) is 7. The van der Waals surface area contributed by atoms with Gasteiger partial charge >= 0.3 is 11.9 Å². The Morgan fingerprint density at radius 1 is 0.933 bits per heavy atom. The molecule has 3 rings (SSSR count). The van der Waals surface area contributed by atoms with Crippen molar-refractivity contribution >= 4 is 39.0 Å². The van der Waals surface area contributed by atoms with Gasteiger partial charge in [0.25, 0.3) is 10.0 Å². The Morgan fingerprint density at radius 3 is 2.10 bits per heavy atom. The minimum atomic E-state index is -4.34. The van der Waals surface area contributed by atoms with E-state index in [1.165, 1.54) is 14.2 Å². The lowest BCUT2D eigenvalue weighted by Gasteiger charge is -2.24. The quantitative estimate of drug-likeness (QED) is 0.517. The van der Waals surface area contributed by atoms with Crippen LogP contribution in [0.5, 0.6) is 0 Å². The van der Waals surface area contributed by atoms with Crippen molar-refractivity contribution in [3.05, 3.63) is 70.9 Å². The molecule has 0 radical (unpaired) electrons. The van der Waals surface area contributed by atoms with Gasteiger partial charge in [-0.15, -0.1) is 11.3 Å². The lowest BCUT2D eigenvalue weighted by atomic mass is 10.1. The van der Waals surface area contributed by atoms with Gasteiger partial charge in [-0.1, -0.05) is 48.5 Å². The summed E-state index contributed by atoms with van der Waals surface area (Å²) in [7, 11) is -1.98. The third-order valence-corrected chi connectivity index (χ3v) is 7.24. The Bertz CT molecular complexity index is 1140. The van der Waals surface area contributed by atoms with Crippen LogP contribution in [0.3, 0.4) is 0 Å². The molecule has 0 aliphatic rings. The van der Waals surface area contributed by atoms with E-state index in [1.807, 2.05) is 0 Å². The van der Waals surface area contributed by atoms with Crippen LogP contribution in [0, 0.1) is 0 Å². The van der Waals surface area contributed by atoms with Crippen molar-refractivity contribution in [2.45, 2.75) is 4.90 Å². The van der Waals surface area contributed by atoms with Gasteiger partial charge in [0.2, 0.25) is 0 Å². The molecule has 0 unspecified atom stereocenters. The standard InChI is InChI=1S/C21H19NO6S2/c1-27-18(23)13-22(16-11-7-4-8-12-16)30(25,26)20-17(15-9-5-3-6-10-15)14-29-19(20)21(24)28-2/h3-12,14H,13H2,1-2H3. The van der Waals surface area contributed by atoms with E-state index in [2.05, 4.69) is 0 Å². The molecule has 0 fully saturated rings. The smallest absolute Gasteiger partial charge is 0.349 e. The summed E-state index contributed by atoms with van der Waals surface area (Å²) >= 11 is 0.971. The first kappa shape index (κ1) is 21.5. The average Bonchev–Trinajstić information content (AvgIpc) is 3.24. The van der Waals surface area contributed by atoms with Gasteiger partial charge in [-0.2, -0.15) is 0 Å². The summed E-state index contributed by atoms with van der Waals surface area (Å²) in [6, 6.07) is 17.0. The van der Waals surface area contributed by atoms with Crippen LogP contribution >= 0.6 is 11.3 Å². The lowest BCUT2D eigenvalue weighted by molar-refractivity contribution is -0.138. The summed E-state index contributed by atoms with van der Waals surface area (Å²) in [5.74, 6) is -1.51. The topological polar surface area (TPSA) is 90.0 Å². The molecule has 0 atom stereocenters. The summed E-state index contributed by atoms with van der Waals surface area (Å²) < 4.78 is 38.0. The Morgan fingerprint density at radius 2 is 1.53 bits per heavy atom. The summed E-state index contributed by atoms with van der Waals surface area (Å²) in [5, 5.41) is 1.59. The first-order valence-electron chi connectivity index (χ1n) is 8.80. The largest absolute Gasteiger partial charge is 0.468 e. The Kier molecular flexibility index (Phi) is 6.53. The molecule has 0 N–H and O–H groups in total. The molecule has 3 aromatic rings. The van der Waals surface area contributed by atoms with E-state index in [-0.39, 0.29) is 15.5 Å². The monoisotopic (exact) mass is 445 g/mol. The van der Waals surface area contributed by atoms with E-state index in [0.717, 1.165) is 15.6 Å². The molecule has 156 valence electrons. The molecule has 0 spiro atoms. The van der Waals surface area contributed by atoms with E-state index < -0.39 is 28.5 Å². The molecule has 1 heterocycles. The first-order valence-corrected chi connectivity index (χ1v) is 11.1. The molecule has 0 amide bonds. The summed E-state index contributed by atoms with van der Waals surface area (Å²) in [5.41, 5.74) is 1.24. The molecule has 9 heteroatoms. The lowest BCUT2D eigenvalue weighted by Crippen LogP contribution is -2.37. The summed E-state index contributed by atoms with van der Waals surface area (Å²) in [6.45, 7) is -0.548. The minimum Gasteiger partial charge on any atom is -0.468 e. The van der Waals surface area contributed by atoms with Crippen molar-refractivity contribution in [1.82, 2.24) is 0 Å². The van der Waals surface area contributed by atoms with Gasteiger partial charge in [-0.25, -0.2) is 13.2 Å². The second-order valence-corrected chi connectivity index (χ2v) is 8.77. The number of esters is 2. The van der Waals surface area contributed by atoms with Crippen LogP contribution < -0.4 is 4.31 Å². The number of ether oxygens (including phenoxy) is 2. The average molecular weight is 446 g/mol. The van der Waals surface area contributed by atoms with Crippen molar-refractivity contribution in [3.8, 4) is 11.1 Å². The van der Waals surface area contributed by atoms with Gasteiger partial charge in [-0.3, -0.25) is 9.10 Å². The normalized spacial score (nSPS) is 11.0. The highest BCUT2D eigenvalue weighted by molar-refractivity contribution is 7.93. The maximum atomic E-state index is 13.8. The number of sulfonamides is 1. The second kappa shape index (κ2) is 9.10. The Labute approximate surface area is 178 Å². The zero-order valence-corrected chi connectivity index (χ0v) is 17.9. The zero-order chi connectivity index (χ0) is 21.7. The number of carbonyl (C=O) groups excluding carboxylic acids is 2. The maximum Gasteiger partial charge on any atom is 0.349 e. The number of rotatable bonds is 7. The van der Waals surface area contributed by atoms with E-state index in [0.29, 0.717) is 11.1 Å². The molecular weight excluding hydrogens is 426 g/mol. The first-order chi connectivity index (χ1) is 14.4. The SMILES string of the molecule is COC(=O)CN(c1ccccc1)S(=O)(=O)c1c(-c2ccccc2)csc1C(=O)OC. The highest BCUT2D eigenvalue weighted by atomic mass is 32.2. The fourth-order valence-electron chi connectivity index (χ4n) is 2.85. The molecule has 1 aromatic heterocycles. The zero-order valence-electron chi connectivity index (χ0n) is 16.3. The van der Waals surface area contributed by atoms with Crippen LogP contribution in [0.25, 0.3) is 11.1 Å². The number of hydrogen-bond donors (Lipinski definition) is 0. The fourth-order valence-corrected chi connectivity index (χ4v) is 5.94. The van der Waals surface area contributed by atoms with Crippen LogP contribution in [0.1, 0.15) is 9.67 Å². The van der Waals surface area contributed by atoms with E-state index >= 15 is 0 Å². The van der Waals surface area contributed by atoms with Crippen LogP contribution in [-0.2, 0) is 24.3 Å². The predicted molar refractivity (Wildman–Crippen MR) is 114 cm³/mol. The van der Waals surface area contributed by atoms with Gasteiger partial charge in [0.1, 0.15) is 16.3 Å². The van der Waals surface area contributed by atoms with E-state index in [9.17, 15) is 18.0 Å². The van der Waals surface area contributed by atoms with Gasteiger partial charge in [0, 0.05) is 10.9 Å². The molecule has 7 nitrogen and oxygen atoms in total. The molecular formula is C21H19NO6S2. The predicted octanol–water partition coefficient (Wildman–Crippen LogP) is 3.57. The van der Waals surface area contributed by atoms with Crippen molar-refractivity contribution < 1.29 is 27.5 Å². The molecule has 2 aromatic carbocycles. The van der Waals surface area contributed by atoms with E-state index in [4.69, 9.17) is 9.47 Å². The van der Waals surface area contributed by atoms with Crippen molar-refractivity contribution in [2.24, 2.45) is 0 Å². The number of carbonyl (C=O) groups is 2. The van der Waals surface area contributed by atoms with Gasteiger partial charge in [0.15, 0.2) is 0 Å². The number of methoxy groups -OCH3 is 2. The number of thiophene rings is 1. The molecule has 0 saturated heterocycles. The third kappa shape index (κ3) is 4.22. The number of benzene rings is 2. The van der Waals surface area contributed by atoms with Crippen LogP contribution in [0.15, 0.2) is 70.9 Å². The van der Waals surface area contributed by atoms with E-state index in [1.54, 1.807) is 66.0 Å². The van der Waals surface area contributed by atoms with Gasteiger partial charge < -0.3 is 9.47 Å². The molecule has 0 aliphatic carbocycles. The van der Waals surface area contributed by atoms with Crippen LogP contribution in [0.4, 0.5) is 5.69 Å². The third-order valence-electron chi connectivity index (χ3n) is 4.29. The van der Waals surface area contributed by atoms with Gasteiger partial charge in [-0.05, 0) is 17.7 Å². The summed E-state index contributed by atoms with van der Waals surface area (Å²) in [4.78, 5) is 24.1. The second-order valence-electron chi connectivity index (χ2n) is 6.09. The van der Waals surface area contributed by atoms with Gasteiger partial charge in [0.05, 0.1) is 19.9 Å². The molecule has 0 aliphatic heterocycles. The highest BCUT2D eigenvalue weighted by Crippen LogP contribution is 2.38. The highest BCUT2D eigenvalue weighted by Gasteiger charge is 2.35. The number of anilines is 1. The van der Waals surface area contributed by atoms with Crippen molar-refractivity contribution in [2.75, 3.05) is 25.1 Å². The van der Waals surface area contributed by atoms with Crippen molar-refractivity contribution in [3.63, 3.8) is 0 Å². The molecule has 0 saturated carbocycles. The Balaban J connectivity index is 2.25. The minimum absolute atomic E-state index is 0.0675. The number of nitrogens with zero attached hydrogens (tertiary/aromatic N) is 1. The van der Waals surface area contributed by atoms with Crippen molar-refractivity contribution in [1.29, 1.82) is 0 Å². The molecule has 0 bridgehead atoms. The fraction of sp³-hybridized carbons (Fsp3) is 0.143. The van der Waals surface area contributed by atoms with Crippen LogP contribution in [0.2, 0.25) is 0 Å². The van der Waals surface area contributed by atoms with Crippen LogP contribution in [-0.4, -0.2) is 41.1 Å². The number of para-hydroxylation sites is 1. The maximum absolute atomic E-state index is 13.8. The molecule has 30 heavy (non-hydrogen) atoms. The Hall–Kier alpha value is -3.17.